The molecule has 1 heterocycles. The summed E-state index contributed by atoms with van der Waals surface area (Å²) in [5.74, 6) is -0.713. The van der Waals surface area contributed by atoms with Gasteiger partial charge in [0.2, 0.25) is 5.91 Å². The van der Waals surface area contributed by atoms with Crippen molar-refractivity contribution in [1.29, 1.82) is 0 Å². The van der Waals surface area contributed by atoms with E-state index in [2.05, 4.69) is 10.6 Å². The Kier molecular flexibility index (Phi) is 4.69. The van der Waals surface area contributed by atoms with Gasteiger partial charge in [0.15, 0.2) is 0 Å². The predicted molar refractivity (Wildman–Crippen MR) is 51.2 cm³/mol. The molecule has 0 aromatic carbocycles. The van der Waals surface area contributed by atoms with E-state index >= 15 is 0 Å². The molecule has 1 aliphatic rings. The fraction of sp³-hybridized carbons (Fsp3) is 0.750. The highest BCUT2D eigenvalue weighted by Crippen LogP contribution is 2.05. The van der Waals surface area contributed by atoms with Gasteiger partial charge < -0.3 is 10.1 Å². The number of amides is 3. The molecular formula is C8H13ClN2O3. The molecule has 1 rings (SSSR count). The maximum absolute atomic E-state index is 11.1. The number of carbonyl (C=O) groups excluding carboxylic acids is 2. The average Bonchev–Trinajstić information content (AvgIpc) is 2.19. The zero-order valence-electron chi connectivity index (χ0n) is 7.72. The molecule has 14 heavy (non-hydrogen) atoms. The first-order valence-electron chi connectivity index (χ1n) is 4.46. The molecule has 3 amide bonds. The average molecular weight is 221 g/mol. The van der Waals surface area contributed by atoms with Crippen LogP contribution < -0.4 is 10.6 Å². The molecule has 0 bridgehead atoms. The predicted octanol–water partition coefficient (Wildman–Crippen LogP) is 0.230. The second-order valence-corrected chi connectivity index (χ2v) is 3.34. The Morgan fingerprint density at radius 3 is 2.86 bits per heavy atom. The van der Waals surface area contributed by atoms with Crippen molar-refractivity contribution in [1.82, 2.24) is 10.6 Å². The van der Waals surface area contributed by atoms with Crippen molar-refractivity contribution in [3.8, 4) is 0 Å². The molecule has 0 spiro atoms. The van der Waals surface area contributed by atoms with Crippen LogP contribution in [0.4, 0.5) is 4.79 Å². The van der Waals surface area contributed by atoms with Gasteiger partial charge in [0.25, 0.3) is 0 Å². The number of nitrogens with one attached hydrogen (secondary N) is 2. The van der Waals surface area contributed by atoms with Crippen LogP contribution in [0.1, 0.15) is 12.8 Å². The third-order valence-corrected chi connectivity index (χ3v) is 2.11. The van der Waals surface area contributed by atoms with Crippen molar-refractivity contribution >= 4 is 23.5 Å². The molecule has 0 radical (unpaired) electrons. The maximum atomic E-state index is 11.1. The molecule has 80 valence electrons. The molecule has 5 nitrogen and oxygen atoms in total. The number of imide groups is 1. The summed E-state index contributed by atoms with van der Waals surface area (Å²) < 4.78 is 5.16. The van der Waals surface area contributed by atoms with E-state index in [9.17, 15) is 9.59 Å². The van der Waals surface area contributed by atoms with Gasteiger partial charge >= 0.3 is 6.03 Å². The van der Waals surface area contributed by atoms with Crippen molar-refractivity contribution in [3.63, 3.8) is 0 Å². The fourth-order valence-corrected chi connectivity index (χ4v) is 1.30. The van der Waals surface area contributed by atoms with Crippen LogP contribution in [0.3, 0.4) is 0 Å². The minimum absolute atomic E-state index is 0.00752. The van der Waals surface area contributed by atoms with E-state index in [1.165, 1.54) is 0 Å². The minimum atomic E-state index is -0.508. The second kappa shape index (κ2) is 5.82. The molecule has 1 atom stereocenters. The summed E-state index contributed by atoms with van der Waals surface area (Å²) in [5.41, 5.74) is 0. The standard InChI is InChI=1S/C8H13ClN2O3/c9-4-7(12)11-8(13)10-6-2-1-3-14-5-6/h6H,1-5H2,(H2,10,11,12,13). The Balaban J connectivity index is 2.21. The van der Waals surface area contributed by atoms with Gasteiger partial charge in [-0.25, -0.2) is 4.79 Å². The molecular weight excluding hydrogens is 208 g/mol. The van der Waals surface area contributed by atoms with E-state index in [0.717, 1.165) is 19.4 Å². The summed E-state index contributed by atoms with van der Waals surface area (Å²) in [6.45, 7) is 1.24. The number of ether oxygens (including phenoxy) is 1. The highest BCUT2D eigenvalue weighted by Gasteiger charge is 2.16. The summed E-state index contributed by atoms with van der Waals surface area (Å²) in [4.78, 5) is 21.9. The van der Waals surface area contributed by atoms with Crippen LogP contribution in [0.15, 0.2) is 0 Å². The normalized spacial score (nSPS) is 21.4. The number of rotatable bonds is 2. The zero-order valence-corrected chi connectivity index (χ0v) is 8.47. The van der Waals surface area contributed by atoms with Gasteiger partial charge in [0.05, 0.1) is 12.6 Å². The van der Waals surface area contributed by atoms with E-state index in [-0.39, 0.29) is 11.9 Å². The first-order valence-corrected chi connectivity index (χ1v) is 5.00. The quantitative estimate of drug-likeness (QED) is 0.655. The van der Waals surface area contributed by atoms with E-state index in [0.29, 0.717) is 6.61 Å². The van der Waals surface area contributed by atoms with Crippen LogP contribution in [0.25, 0.3) is 0 Å². The number of carbonyl (C=O) groups is 2. The lowest BCUT2D eigenvalue weighted by Gasteiger charge is -2.22. The van der Waals surface area contributed by atoms with Crippen molar-refractivity contribution in [2.75, 3.05) is 19.1 Å². The second-order valence-electron chi connectivity index (χ2n) is 3.07. The topological polar surface area (TPSA) is 67.4 Å². The lowest BCUT2D eigenvalue weighted by atomic mass is 10.1. The molecule has 6 heteroatoms. The molecule has 1 fully saturated rings. The SMILES string of the molecule is O=C(CCl)NC(=O)NC1CCCOC1. The fourth-order valence-electron chi connectivity index (χ4n) is 1.24. The number of hydrogen-bond donors (Lipinski definition) is 2. The summed E-state index contributed by atoms with van der Waals surface area (Å²) in [6.07, 6.45) is 1.80. The van der Waals surface area contributed by atoms with Gasteiger partial charge in [-0.3, -0.25) is 10.1 Å². The Morgan fingerprint density at radius 2 is 2.29 bits per heavy atom. The van der Waals surface area contributed by atoms with Gasteiger partial charge in [-0.05, 0) is 12.8 Å². The van der Waals surface area contributed by atoms with Crippen LogP contribution in [0, 0.1) is 0 Å². The number of hydrogen-bond acceptors (Lipinski definition) is 3. The van der Waals surface area contributed by atoms with Crippen LogP contribution in [0.2, 0.25) is 0 Å². The largest absolute Gasteiger partial charge is 0.379 e. The molecule has 0 aromatic rings. The third-order valence-electron chi connectivity index (χ3n) is 1.87. The van der Waals surface area contributed by atoms with Gasteiger partial charge in [0.1, 0.15) is 5.88 Å². The summed E-state index contributed by atoms with van der Waals surface area (Å²) in [5, 5.41) is 4.73. The molecule has 2 N–H and O–H groups in total. The van der Waals surface area contributed by atoms with Crippen LogP contribution >= 0.6 is 11.6 Å². The number of alkyl halides is 1. The molecule has 0 saturated carbocycles. The summed E-state index contributed by atoms with van der Waals surface area (Å²) >= 11 is 5.22. The van der Waals surface area contributed by atoms with Crippen LogP contribution in [0.5, 0.6) is 0 Å². The molecule has 1 aliphatic heterocycles. The molecule has 0 aromatic heterocycles. The molecule has 0 aliphatic carbocycles. The molecule has 1 unspecified atom stereocenters. The highest BCUT2D eigenvalue weighted by atomic mass is 35.5. The number of halogens is 1. The Morgan fingerprint density at radius 1 is 1.50 bits per heavy atom. The van der Waals surface area contributed by atoms with Gasteiger partial charge in [0, 0.05) is 6.61 Å². The van der Waals surface area contributed by atoms with Gasteiger partial charge in [-0.1, -0.05) is 0 Å². The van der Waals surface area contributed by atoms with Crippen LogP contribution in [-0.4, -0.2) is 37.1 Å². The minimum Gasteiger partial charge on any atom is -0.379 e. The van der Waals surface area contributed by atoms with E-state index < -0.39 is 11.9 Å². The Hall–Kier alpha value is -0.810. The third kappa shape index (κ3) is 3.93. The summed E-state index contributed by atoms with van der Waals surface area (Å²) in [7, 11) is 0. The first kappa shape index (κ1) is 11.3. The van der Waals surface area contributed by atoms with E-state index in [4.69, 9.17) is 16.3 Å². The maximum Gasteiger partial charge on any atom is 0.321 e. The monoisotopic (exact) mass is 220 g/mol. The lowest BCUT2D eigenvalue weighted by molar-refractivity contribution is -0.117. The van der Waals surface area contributed by atoms with Crippen molar-refractivity contribution in [2.24, 2.45) is 0 Å². The van der Waals surface area contributed by atoms with E-state index in [1.54, 1.807) is 0 Å². The zero-order chi connectivity index (χ0) is 10.4. The van der Waals surface area contributed by atoms with Crippen molar-refractivity contribution < 1.29 is 14.3 Å². The van der Waals surface area contributed by atoms with Gasteiger partial charge in [-0.2, -0.15) is 0 Å². The van der Waals surface area contributed by atoms with Crippen molar-refractivity contribution in [3.05, 3.63) is 0 Å². The van der Waals surface area contributed by atoms with E-state index in [1.807, 2.05) is 0 Å². The first-order chi connectivity index (χ1) is 6.72. The smallest absolute Gasteiger partial charge is 0.321 e. The number of urea groups is 1. The lowest BCUT2D eigenvalue weighted by Crippen LogP contribution is -2.47. The van der Waals surface area contributed by atoms with Crippen LogP contribution in [-0.2, 0) is 9.53 Å². The van der Waals surface area contributed by atoms with Crippen molar-refractivity contribution in [2.45, 2.75) is 18.9 Å². The summed E-state index contributed by atoms with van der Waals surface area (Å²) in [6, 6.07) is -0.516. The highest BCUT2D eigenvalue weighted by molar-refractivity contribution is 6.28. The van der Waals surface area contributed by atoms with Gasteiger partial charge in [-0.15, -0.1) is 11.6 Å². The Bertz CT molecular complexity index is 217. The Labute approximate surface area is 87.1 Å². The molecule has 1 saturated heterocycles.